The summed E-state index contributed by atoms with van der Waals surface area (Å²) in [5.41, 5.74) is 0.591. The standard InChI is InChI=1S/C13H12N6O2S/c20-22(21)11-7-9-8-15-13(17-10-3-1-2-4-14-10)18-12(9)19(11)6-5-16-22/h1-4,7-8,16H,5-6H2,(H,14,15,17,18). The van der Waals surface area contributed by atoms with Crippen LogP contribution in [0.15, 0.2) is 41.7 Å². The highest BCUT2D eigenvalue weighted by atomic mass is 32.2. The van der Waals surface area contributed by atoms with Gasteiger partial charge in [-0.2, -0.15) is 4.98 Å². The predicted octanol–water partition coefficient (Wildman–Crippen LogP) is 0.862. The summed E-state index contributed by atoms with van der Waals surface area (Å²) in [4.78, 5) is 12.8. The molecule has 8 nitrogen and oxygen atoms in total. The van der Waals surface area contributed by atoms with Crippen molar-refractivity contribution in [3.05, 3.63) is 36.7 Å². The number of sulfonamides is 1. The van der Waals surface area contributed by atoms with Crippen molar-refractivity contribution in [3.8, 4) is 0 Å². The number of rotatable bonds is 2. The topological polar surface area (TPSA) is 102 Å². The summed E-state index contributed by atoms with van der Waals surface area (Å²) in [6.45, 7) is 0.893. The first-order valence-electron chi connectivity index (χ1n) is 6.67. The number of hydrogen-bond donors (Lipinski definition) is 2. The van der Waals surface area contributed by atoms with E-state index in [9.17, 15) is 8.42 Å². The van der Waals surface area contributed by atoms with Crippen LogP contribution in [0.5, 0.6) is 0 Å². The Labute approximate surface area is 126 Å². The molecule has 0 atom stereocenters. The molecular weight excluding hydrogens is 304 g/mol. The van der Waals surface area contributed by atoms with Gasteiger partial charge in [-0.3, -0.25) is 0 Å². The molecule has 0 spiro atoms. The molecule has 0 bridgehead atoms. The van der Waals surface area contributed by atoms with Crippen LogP contribution in [0.3, 0.4) is 0 Å². The normalized spacial score (nSPS) is 16.4. The van der Waals surface area contributed by atoms with Crippen LogP contribution in [-0.4, -0.2) is 34.5 Å². The Morgan fingerprint density at radius 2 is 2.18 bits per heavy atom. The molecule has 3 aromatic heterocycles. The Morgan fingerprint density at radius 3 is 3.00 bits per heavy atom. The lowest BCUT2D eigenvalue weighted by atomic mass is 10.4. The van der Waals surface area contributed by atoms with Crippen LogP contribution in [0.2, 0.25) is 0 Å². The van der Waals surface area contributed by atoms with Crippen molar-refractivity contribution in [2.24, 2.45) is 0 Å². The summed E-state index contributed by atoms with van der Waals surface area (Å²) in [6.07, 6.45) is 3.27. The number of hydrogen-bond acceptors (Lipinski definition) is 6. The van der Waals surface area contributed by atoms with Crippen LogP contribution in [0, 0.1) is 0 Å². The Balaban J connectivity index is 1.81. The highest BCUT2D eigenvalue weighted by Crippen LogP contribution is 2.24. The second kappa shape index (κ2) is 4.75. The van der Waals surface area contributed by atoms with Crippen molar-refractivity contribution in [2.45, 2.75) is 11.6 Å². The fourth-order valence-corrected chi connectivity index (χ4v) is 3.69. The van der Waals surface area contributed by atoms with Gasteiger partial charge in [0.25, 0.3) is 10.0 Å². The van der Waals surface area contributed by atoms with Crippen LogP contribution in [0.1, 0.15) is 0 Å². The minimum atomic E-state index is -3.46. The molecule has 9 heteroatoms. The molecular formula is C13H12N6O2S. The third kappa shape index (κ3) is 2.11. The van der Waals surface area contributed by atoms with Gasteiger partial charge < -0.3 is 9.88 Å². The van der Waals surface area contributed by atoms with E-state index in [1.54, 1.807) is 29.1 Å². The van der Waals surface area contributed by atoms with Gasteiger partial charge in [0.2, 0.25) is 5.95 Å². The zero-order chi connectivity index (χ0) is 15.2. The smallest absolute Gasteiger partial charge is 0.256 e. The third-order valence-electron chi connectivity index (χ3n) is 3.40. The average Bonchev–Trinajstić information content (AvgIpc) is 2.88. The van der Waals surface area contributed by atoms with Crippen molar-refractivity contribution >= 4 is 32.8 Å². The lowest BCUT2D eigenvalue weighted by Gasteiger charge is -2.16. The molecule has 1 aliphatic heterocycles. The van der Waals surface area contributed by atoms with E-state index in [0.717, 1.165) is 0 Å². The first-order chi connectivity index (χ1) is 10.6. The van der Waals surface area contributed by atoms with Crippen LogP contribution < -0.4 is 10.0 Å². The Kier molecular flexibility index (Phi) is 2.84. The summed E-state index contributed by atoms with van der Waals surface area (Å²) in [7, 11) is -3.46. The molecule has 0 aliphatic carbocycles. The maximum Gasteiger partial charge on any atom is 0.256 e. The van der Waals surface area contributed by atoms with Crippen LogP contribution in [-0.2, 0) is 16.6 Å². The molecule has 0 radical (unpaired) electrons. The highest BCUT2D eigenvalue weighted by Gasteiger charge is 2.26. The number of anilines is 2. The molecule has 0 unspecified atom stereocenters. The van der Waals surface area contributed by atoms with Crippen LogP contribution >= 0.6 is 0 Å². The van der Waals surface area contributed by atoms with Crippen molar-refractivity contribution < 1.29 is 8.42 Å². The number of fused-ring (bicyclic) bond motifs is 3. The van der Waals surface area contributed by atoms with E-state index in [-0.39, 0.29) is 5.03 Å². The zero-order valence-electron chi connectivity index (χ0n) is 11.4. The van der Waals surface area contributed by atoms with Gasteiger partial charge >= 0.3 is 0 Å². The van der Waals surface area contributed by atoms with Gasteiger partial charge in [0.1, 0.15) is 11.5 Å². The third-order valence-corrected chi connectivity index (χ3v) is 4.88. The fourth-order valence-electron chi connectivity index (χ4n) is 2.43. The minimum absolute atomic E-state index is 0.220. The van der Waals surface area contributed by atoms with Crippen LogP contribution in [0.4, 0.5) is 11.8 Å². The highest BCUT2D eigenvalue weighted by molar-refractivity contribution is 7.89. The second-order valence-corrected chi connectivity index (χ2v) is 6.56. The van der Waals surface area contributed by atoms with Crippen LogP contribution in [0.25, 0.3) is 11.0 Å². The Bertz CT molecular complexity index is 951. The monoisotopic (exact) mass is 316 g/mol. The molecule has 2 N–H and O–H groups in total. The molecule has 22 heavy (non-hydrogen) atoms. The zero-order valence-corrected chi connectivity index (χ0v) is 12.2. The molecule has 112 valence electrons. The van der Waals surface area contributed by atoms with E-state index in [1.807, 2.05) is 12.1 Å². The van der Waals surface area contributed by atoms with Gasteiger partial charge in [0.15, 0.2) is 5.03 Å². The summed E-state index contributed by atoms with van der Waals surface area (Å²) < 4.78 is 28.2. The fraction of sp³-hybridized carbons (Fsp3) is 0.154. The maximum absolute atomic E-state index is 12.0. The van der Waals surface area contributed by atoms with Gasteiger partial charge in [-0.25, -0.2) is 23.1 Å². The first-order valence-corrected chi connectivity index (χ1v) is 8.16. The largest absolute Gasteiger partial charge is 0.314 e. The average molecular weight is 316 g/mol. The molecule has 0 saturated heterocycles. The minimum Gasteiger partial charge on any atom is -0.314 e. The number of aromatic nitrogens is 4. The van der Waals surface area contributed by atoms with E-state index in [2.05, 4.69) is 25.0 Å². The van der Waals surface area contributed by atoms with Gasteiger partial charge in [-0.1, -0.05) is 6.07 Å². The maximum atomic E-state index is 12.0. The van der Waals surface area contributed by atoms with E-state index in [1.165, 1.54) is 0 Å². The molecule has 3 aromatic rings. The number of nitrogens with one attached hydrogen (secondary N) is 2. The Morgan fingerprint density at radius 1 is 1.27 bits per heavy atom. The molecule has 0 saturated carbocycles. The SMILES string of the molecule is O=S1(=O)NCCn2c1cc1cnc(Nc3ccccn3)nc12. The summed E-state index contributed by atoms with van der Waals surface area (Å²) in [5.74, 6) is 1.00. The molecule has 0 amide bonds. The summed E-state index contributed by atoms with van der Waals surface area (Å²) >= 11 is 0. The second-order valence-electron chi connectivity index (χ2n) is 4.84. The van der Waals surface area contributed by atoms with Gasteiger partial charge in [-0.15, -0.1) is 0 Å². The number of pyridine rings is 1. The van der Waals surface area contributed by atoms with Gasteiger partial charge in [0, 0.05) is 30.9 Å². The van der Waals surface area contributed by atoms with Crippen molar-refractivity contribution in [3.63, 3.8) is 0 Å². The molecule has 0 aromatic carbocycles. The molecule has 0 fully saturated rings. The molecule has 4 heterocycles. The van der Waals surface area contributed by atoms with Crippen molar-refractivity contribution in [2.75, 3.05) is 11.9 Å². The first kappa shape index (κ1) is 13.2. The van der Waals surface area contributed by atoms with E-state index < -0.39 is 10.0 Å². The van der Waals surface area contributed by atoms with E-state index in [0.29, 0.717) is 35.9 Å². The van der Waals surface area contributed by atoms with Crippen molar-refractivity contribution in [1.29, 1.82) is 0 Å². The van der Waals surface area contributed by atoms with E-state index in [4.69, 9.17) is 0 Å². The quantitative estimate of drug-likeness (QED) is 0.727. The van der Waals surface area contributed by atoms with Gasteiger partial charge in [-0.05, 0) is 18.2 Å². The summed E-state index contributed by atoms with van der Waals surface area (Å²) in [5, 5.41) is 3.91. The molecule has 4 rings (SSSR count). The lowest BCUT2D eigenvalue weighted by Crippen LogP contribution is -2.34. The molecule has 1 aliphatic rings. The summed E-state index contributed by atoms with van der Waals surface area (Å²) in [6, 6.07) is 7.05. The van der Waals surface area contributed by atoms with Crippen molar-refractivity contribution in [1.82, 2.24) is 24.2 Å². The lowest BCUT2D eigenvalue weighted by molar-refractivity contribution is 0.531. The predicted molar refractivity (Wildman–Crippen MR) is 80.2 cm³/mol. The van der Waals surface area contributed by atoms with Gasteiger partial charge in [0.05, 0.1) is 0 Å². The van der Waals surface area contributed by atoms with E-state index >= 15 is 0 Å². The number of nitrogens with zero attached hydrogens (tertiary/aromatic N) is 4. The Hall–Kier alpha value is -2.52.